The van der Waals surface area contributed by atoms with Gasteiger partial charge in [0, 0.05) is 31.5 Å². The number of amides is 2. The van der Waals surface area contributed by atoms with Crippen LogP contribution in [0.15, 0.2) is 48.7 Å². The number of carbonyl (C=O) groups is 2. The van der Waals surface area contributed by atoms with Crippen LogP contribution in [-0.4, -0.2) is 65.7 Å². The lowest BCUT2D eigenvalue weighted by Gasteiger charge is -2.32. The monoisotopic (exact) mass is 658 g/mol. The Bertz CT molecular complexity index is 1480. The fraction of sp³-hybridized carbons (Fsp3) is 0.393. The van der Waals surface area contributed by atoms with E-state index >= 15 is 0 Å². The van der Waals surface area contributed by atoms with Crippen LogP contribution in [-0.2, 0) is 34.2 Å². The number of fused-ring (bicyclic) bond motifs is 1. The molecule has 16 heteroatoms. The van der Waals surface area contributed by atoms with Crippen molar-refractivity contribution in [2.45, 2.75) is 45.9 Å². The molecule has 0 saturated heterocycles. The Labute approximate surface area is 258 Å². The Morgan fingerprint density at radius 3 is 2.48 bits per heavy atom. The predicted molar refractivity (Wildman–Crippen MR) is 159 cm³/mol. The van der Waals surface area contributed by atoms with Crippen LogP contribution < -0.4 is 10.7 Å². The number of benzene rings is 2. The molecule has 0 radical (unpaired) electrons. The summed E-state index contributed by atoms with van der Waals surface area (Å²) in [6.45, 7) is 3.45. The number of aliphatic hydroxyl groups is 1. The van der Waals surface area contributed by atoms with Gasteiger partial charge in [-0.15, -0.1) is 0 Å². The Balaban J connectivity index is 1.74. The molecule has 0 saturated carbocycles. The molecule has 0 aliphatic rings. The number of halogens is 3. The second-order valence-electron chi connectivity index (χ2n) is 9.34. The first-order chi connectivity index (χ1) is 20.9. The molecule has 3 rings (SSSR count). The minimum atomic E-state index is -3.95. The van der Waals surface area contributed by atoms with E-state index in [2.05, 4.69) is 15.7 Å². The van der Waals surface area contributed by atoms with Crippen molar-refractivity contribution < 1.29 is 46.3 Å². The predicted octanol–water partition coefficient (Wildman–Crippen LogP) is 5.59. The average molecular weight is 659 g/mol. The third-order valence-corrected chi connectivity index (χ3v) is 8.08. The van der Waals surface area contributed by atoms with Crippen molar-refractivity contribution in [3.63, 3.8) is 0 Å². The number of pyridine rings is 1. The second kappa shape index (κ2) is 16.7. The van der Waals surface area contributed by atoms with E-state index in [0.717, 1.165) is 5.01 Å². The molecule has 0 bridgehead atoms. The smallest absolute Gasteiger partial charge is 0.447 e. The summed E-state index contributed by atoms with van der Waals surface area (Å²) in [5.41, 5.74) is 3.18. The molecule has 0 unspecified atom stereocenters. The molecule has 3 N–H and O–H groups in total. The molecule has 12 nitrogen and oxygen atoms in total. The molecular weight excluding hydrogens is 625 g/mol. The first-order valence-electron chi connectivity index (χ1n) is 13.6. The van der Waals surface area contributed by atoms with Crippen LogP contribution in [0.3, 0.4) is 0 Å². The van der Waals surface area contributed by atoms with Crippen molar-refractivity contribution in [3.8, 4) is 0 Å². The van der Waals surface area contributed by atoms with Gasteiger partial charge in [-0.2, -0.15) is 0 Å². The molecule has 0 aliphatic heterocycles. The zero-order valence-electron chi connectivity index (χ0n) is 24.3. The van der Waals surface area contributed by atoms with Crippen LogP contribution in [0.25, 0.3) is 10.8 Å². The van der Waals surface area contributed by atoms with E-state index in [-0.39, 0.29) is 37.0 Å². The summed E-state index contributed by atoms with van der Waals surface area (Å²) in [6.07, 6.45) is -1.06. The van der Waals surface area contributed by atoms with Gasteiger partial charge in [-0.05, 0) is 55.1 Å². The molecule has 1 heterocycles. The van der Waals surface area contributed by atoms with Gasteiger partial charge in [0.05, 0.1) is 37.0 Å². The molecule has 3 aromatic rings. The van der Waals surface area contributed by atoms with Crippen LogP contribution >= 0.6 is 19.4 Å². The Kier molecular flexibility index (Phi) is 13.4. The van der Waals surface area contributed by atoms with Crippen molar-refractivity contribution in [1.29, 1.82) is 0 Å². The lowest BCUT2D eigenvalue weighted by atomic mass is 10.1. The molecule has 1 aromatic heterocycles. The highest BCUT2D eigenvalue weighted by Crippen LogP contribution is 2.49. The van der Waals surface area contributed by atoms with Crippen molar-refractivity contribution in [2.24, 2.45) is 0 Å². The maximum Gasteiger partial charge on any atom is 0.474 e. The molecule has 2 amide bonds. The number of carbonyl (C=O) groups excluding carboxylic acids is 2. The number of aliphatic hydroxyl groups excluding tert-OH is 1. The van der Waals surface area contributed by atoms with E-state index in [1.807, 2.05) is 0 Å². The number of rotatable bonds is 16. The summed E-state index contributed by atoms with van der Waals surface area (Å²) in [5, 5.41) is 15.3. The fourth-order valence-electron chi connectivity index (χ4n) is 4.08. The number of anilines is 1. The number of nitrogens with one attached hydrogen (secondary N) is 2. The van der Waals surface area contributed by atoms with Crippen LogP contribution in [0.4, 0.5) is 19.4 Å². The Hall–Kier alpha value is -3.23. The number of hydrazine groups is 1. The van der Waals surface area contributed by atoms with Crippen molar-refractivity contribution in [1.82, 2.24) is 15.4 Å². The van der Waals surface area contributed by atoms with E-state index in [1.54, 1.807) is 26.0 Å². The zero-order valence-corrected chi connectivity index (χ0v) is 25.9. The van der Waals surface area contributed by atoms with Crippen molar-refractivity contribution >= 4 is 48.0 Å². The largest absolute Gasteiger partial charge is 0.474 e. The summed E-state index contributed by atoms with van der Waals surface area (Å²) in [7, 11) is -3.95. The van der Waals surface area contributed by atoms with E-state index in [4.69, 9.17) is 29.9 Å². The molecule has 0 spiro atoms. The average Bonchev–Trinajstić information content (AvgIpc) is 2.97. The van der Waals surface area contributed by atoms with Crippen molar-refractivity contribution in [3.05, 3.63) is 70.9 Å². The standard InChI is InChI=1S/C28H34ClF2N4O8P/c1-4-41-44(39,42-5-2)43-17-24(37)13-23(35(18(3)36)33-15-20-7-6-8-25(31)27(20)29)16-40-28(38)34-26-12-21-11-22(30)10-9-19(21)14-32-26/h6-12,14,23-24,33,37H,4-5,13,15-17H2,1-3H3,(H,32,34,38)/t23-,24+/m1/s1. The third kappa shape index (κ3) is 10.4. The quantitative estimate of drug-likeness (QED) is 0.131. The van der Waals surface area contributed by atoms with E-state index in [9.17, 15) is 28.0 Å². The lowest BCUT2D eigenvalue weighted by molar-refractivity contribution is -0.137. The summed E-state index contributed by atoms with van der Waals surface area (Å²) in [4.78, 5) is 29.5. The maximum absolute atomic E-state index is 14.0. The number of hydrogen-bond acceptors (Lipinski definition) is 10. The topological polar surface area (TPSA) is 149 Å². The second-order valence-corrected chi connectivity index (χ2v) is 11.4. The zero-order chi connectivity index (χ0) is 32.3. The highest BCUT2D eigenvalue weighted by Gasteiger charge is 2.30. The fourth-order valence-corrected chi connectivity index (χ4v) is 5.48. The van der Waals surface area contributed by atoms with Crippen LogP contribution in [0, 0.1) is 11.6 Å². The molecule has 44 heavy (non-hydrogen) atoms. The van der Waals surface area contributed by atoms with Gasteiger partial charge in [-0.3, -0.25) is 28.7 Å². The summed E-state index contributed by atoms with van der Waals surface area (Å²) in [6, 6.07) is 8.75. The van der Waals surface area contributed by atoms with Gasteiger partial charge in [-0.1, -0.05) is 23.7 Å². The van der Waals surface area contributed by atoms with E-state index < -0.39 is 56.8 Å². The molecule has 240 valence electrons. The van der Waals surface area contributed by atoms with Gasteiger partial charge in [0.25, 0.3) is 0 Å². The highest BCUT2D eigenvalue weighted by molar-refractivity contribution is 7.48. The van der Waals surface area contributed by atoms with Crippen LogP contribution in [0.1, 0.15) is 32.8 Å². The molecule has 2 aromatic carbocycles. The number of hydrogen-bond donors (Lipinski definition) is 3. The lowest BCUT2D eigenvalue weighted by Crippen LogP contribution is -2.52. The van der Waals surface area contributed by atoms with Crippen molar-refractivity contribution in [2.75, 3.05) is 31.7 Å². The normalized spacial score (nSPS) is 13.0. The van der Waals surface area contributed by atoms with Gasteiger partial charge < -0.3 is 9.84 Å². The highest BCUT2D eigenvalue weighted by atomic mass is 35.5. The van der Waals surface area contributed by atoms with Crippen LogP contribution in [0.5, 0.6) is 0 Å². The first-order valence-corrected chi connectivity index (χ1v) is 15.5. The molecule has 0 aliphatic carbocycles. The maximum atomic E-state index is 14.0. The number of aromatic nitrogens is 1. The summed E-state index contributed by atoms with van der Waals surface area (Å²) < 4.78 is 61.0. The minimum absolute atomic E-state index is 0.0324. The molecule has 0 fully saturated rings. The summed E-state index contributed by atoms with van der Waals surface area (Å²) in [5.74, 6) is -1.56. The third-order valence-electron chi connectivity index (χ3n) is 6.04. The van der Waals surface area contributed by atoms with Gasteiger partial charge in [0.2, 0.25) is 5.91 Å². The van der Waals surface area contributed by atoms with E-state index in [0.29, 0.717) is 16.3 Å². The number of phosphoric ester groups is 1. The number of phosphoric acid groups is 1. The minimum Gasteiger partial charge on any atom is -0.447 e. The van der Waals surface area contributed by atoms with Gasteiger partial charge in [0.1, 0.15) is 24.1 Å². The molecule has 2 atom stereocenters. The Morgan fingerprint density at radius 2 is 1.80 bits per heavy atom. The summed E-state index contributed by atoms with van der Waals surface area (Å²) >= 11 is 6.05. The number of ether oxygens (including phenoxy) is 1. The van der Waals surface area contributed by atoms with Gasteiger partial charge in [0.15, 0.2) is 0 Å². The van der Waals surface area contributed by atoms with Gasteiger partial charge in [-0.25, -0.2) is 28.6 Å². The van der Waals surface area contributed by atoms with Gasteiger partial charge >= 0.3 is 13.9 Å². The van der Waals surface area contributed by atoms with E-state index in [1.165, 1.54) is 43.5 Å². The molecular formula is C28H34ClF2N4O8P. The number of nitrogens with zero attached hydrogens (tertiary/aromatic N) is 2. The van der Waals surface area contributed by atoms with Crippen LogP contribution in [0.2, 0.25) is 5.02 Å². The Morgan fingerprint density at radius 1 is 1.07 bits per heavy atom. The first kappa shape index (κ1) is 35.3. The SMILES string of the molecule is CCOP(=O)(OCC)OC[C@@H](O)C[C@H](COC(=O)Nc1cc2cc(F)ccc2cn1)N(NCc1cccc(F)c1Cl)C(C)=O.